The summed E-state index contributed by atoms with van der Waals surface area (Å²) in [6.45, 7) is 0. The number of benzene rings is 2. The van der Waals surface area contributed by atoms with Gasteiger partial charge in [0.25, 0.3) is 0 Å². The predicted octanol–water partition coefficient (Wildman–Crippen LogP) is 1.95. The monoisotopic (exact) mass is 370 g/mol. The van der Waals surface area contributed by atoms with Crippen LogP contribution in [0, 0.1) is 0 Å². The molecule has 2 rings (SSSR count). The van der Waals surface area contributed by atoms with Gasteiger partial charge in [-0.1, -0.05) is 24.3 Å². The first kappa shape index (κ1) is 18.3. The van der Waals surface area contributed by atoms with Gasteiger partial charge in [-0.25, -0.2) is 16.8 Å². The van der Waals surface area contributed by atoms with Gasteiger partial charge in [0.05, 0.1) is 25.7 Å². The maximum absolute atomic E-state index is 12.5. The second-order valence-electron chi connectivity index (χ2n) is 4.94. The summed E-state index contributed by atoms with van der Waals surface area (Å²) < 4.78 is 59.9. The van der Waals surface area contributed by atoms with Crippen LogP contribution >= 0.6 is 0 Å². The third-order valence-electron chi connectivity index (χ3n) is 3.43. The summed E-state index contributed by atoms with van der Waals surface area (Å²) >= 11 is 0. The Balaban J connectivity index is 2.29. The minimum absolute atomic E-state index is 0.0253. The normalized spacial score (nSPS) is 11.9. The molecule has 0 N–H and O–H groups in total. The Morgan fingerprint density at radius 1 is 0.667 bits per heavy atom. The van der Waals surface area contributed by atoms with Crippen molar-refractivity contribution >= 4 is 19.7 Å². The fourth-order valence-electron chi connectivity index (χ4n) is 2.19. The third-order valence-corrected chi connectivity index (χ3v) is 7.19. The number of rotatable bonds is 7. The van der Waals surface area contributed by atoms with Gasteiger partial charge in [-0.3, -0.25) is 0 Å². The van der Waals surface area contributed by atoms with E-state index >= 15 is 0 Å². The summed E-state index contributed by atoms with van der Waals surface area (Å²) in [4.78, 5) is -0.0505. The Hall–Kier alpha value is -2.06. The molecule has 0 atom stereocenters. The molecule has 130 valence electrons. The van der Waals surface area contributed by atoms with Crippen LogP contribution in [0.3, 0.4) is 0 Å². The molecule has 0 bridgehead atoms. The van der Waals surface area contributed by atoms with Crippen molar-refractivity contribution in [2.75, 3.05) is 25.7 Å². The Morgan fingerprint density at radius 3 is 1.33 bits per heavy atom. The maximum atomic E-state index is 12.5. The molecule has 8 heteroatoms. The summed E-state index contributed by atoms with van der Waals surface area (Å²) in [6.07, 6.45) is 0. The Morgan fingerprint density at radius 2 is 1.00 bits per heavy atom. The lowest BCUT2D eigenvalue weighted by molar-refractivity contribution is 0.402. The van der Waals surface area contributed by atoms with Crippen molar-refractivity contribution in [2.24, 2.45) is 0 Å². The van der Waals surface area contributed by atoms with Crippen molar-refractivity contribution in [3.63, 3.8) is 0 Å². The van der Waals surface area contributed by atoms with Gasteiger partial charge in [-0.15, -0.1) is 0 Å². The Labute approximate surface area is 141 Å². The van der Waals surface area contributed by atoms with Crippen LogP contribution in [-0.2, 0) is 19.7 Å². The van der Waals surface area contributed by atoms with Crippen molar-refractivity contribution < 1.29 is 26.3 Å². The average Bonchev–Trinajstić information content (AvgIpc) is 2.60. The van der Waals surface area contributed by atoms with Gasteiger partial charge in [0.2, 0.25) is 0 Å². The summed E-state index contributed by atoms with van der Waals surface area (Å²) in [5.41, 5.74) is 0. The van der Waals surface area contributed by atoms with E-state index in [0.29, 0.717) is 0 Å². The minimum atomic E-state index is -3.81. The van der Waals surface area contributed by atoms with E-state index in [1.807, 2.05) is 0 Å². The lowest BCUT2D eigenvalue weighted by atomic mass is 10.3. The number of hydrogen-bond donors (Lipinski definition) is 0. The Kier molecular flexibility index (Phi) is 5.51. The molecule has 24 heavy (non-hydrogen) atoms. The van der Waals surface area contributed by atoms with Crippen LogP contribution in [0.25, 0.3) is 0 Å². The highest BCUT2D eigenvalue weighted by molar-refractivity contribution is 7.95. The molecule has 0 heterocycles. The molecule has 0 saturated heterocycles. The van der Waals surface area contributed by atoms with E-state index in [-0.39, 0.29) is 21.3 Å². The molecular formula is C16H18O6S2. The van der Waals surface area contributed by atoms with E-state index in [1.54, 1.807) is 24.3 Å². The molecule has 0 unspecified atom stereocenters. The van der Waals surface area contributed by atoms with E-state index in [1.165, 1.54) is 38.5 Å². The summed E-state index contributed by atoms with van der Waals surface area (Å²) in [7, 11) is -4.90. The lowest BCUT2D eigenvalue weighted by Crippen LogP contribution is -2.18. The van der Waals surface area contributed by atoms with Crippen molar-refractivity contribution in [3.05, 3.63) is 48.5 Å². The maximum Gasteiger partial charge on any atom is 0.183 e. The fraction of sp³-hybridized carbons (Fsp3) is 0.250. The van der Waals surface area contributed by atoms with Crippen molar-refractivity contribution in [1.29, 1.82) is 0 Å². The smallest absolute Gasteiger partial charge is 0.183 e. The quantitative estimate of drug-likeness (QED) is 0.740. The first-order valence-corrected chi connectivity index (χ1v) is 10.3. The second kappa shape index (κ2) is 7.23. The van der Waals surface area contributed by atoms with Crippen LogP contribution in [0.2, 0.25) is 0 Å². The Bertz CT molecular complexity index is 840. The van der Waals surface area contributed by atoms with Gasteiger partial charge in [0.15, 0.2) is 19.7 Å². The summed E-state index contributed by atoms with van der Waals surface area (Å²) in [5.74, 6) is -0.721. The molecule has 2 aromatic rings. The molecule has 0 fully saturated rings. The van der Waals surface area contributed by atoms with E-state index in [0.717, 1.165) is 0 Å². The zero-order valence-electron chi connectivity index (χ0n) is 13.3. The highest BCUT2D eigenvalue weighted by Gasteiger charge is 2.25. The average molecular weight is 370 g/mol. The minimum Gasteiger partial charge on any atom is -0.495 e. The largest absolute Gasteiger partial charge is 0.495 e. The van der Waals surface area contributed by atoms with Gasteiger partial charge >= 0.3 is 0 Å². The molecule has 0 aromatic heterocycles. The van der Waals surface area contributed by atoms with Gasteiger partial charge in [-0.2, -0.15) is 0 Å². The van der Waals surface area contributed by atoms with Crippen LogP contribution in [0.15, 0.2) is 58.3 Å². The summed E-state index contributed by atoms with van der Waals surface area (Å²) in [6, 6.07) is 12.2. The lowest BCUT2D eigenvalue weighted by Gasteiger charge is -2.11. The first-order chi connectivity index (χ1) is 11.3. The second-order valence-corrected chi connectivity index (χ2v) is 9.09. The summed E-state index contributed by atoms with van der Waals surface area (Å²) in [5, 5.41) is 0. The van der Waals surface area contributed by atoms with Crippen LogP contribution in [-0.4, -0.2) is 42.6 Å². The first-order valence-electron chi connectivity index (χ1n) is 7.03. The molecule has 0 amide bonds. The molecule has 2 aromatic carbocycles. The zero-order chi connectivity index (χ0) is 17.8. The molecule has 0 aliphatic heterocycles. The predicted molar refractivity (Wildman–Crippen MR) is 90.1 cm³/mol. The number of sulfone groups is 2. The topological polar surface area (TPSA) is 86.7 Å². The van der Waals surface area contributed by atoms with Crippen molar-refractivity contribution in [1.82, 2.24) is 0 Å². The van der Waals surface area contributed by atoms with Gasteiger partial charge < -0.3 is 9.47 Å². The molecule has 0 aliphatic carbocycles. The highest BCUT2D eigenvalue weighted by atomic mass is 32.2. The molecule has 0 saturated carbocycles. The highest BCUT2D eigenvalue weighted by Crippen LogP contribution is 2.27. The standard InChI is InChI=1S/C16H18O6S2/c1-21-13-7-3-5-9-15(13)23(17,18)11-12-24(19,20)16-10-6-4-8-14(16)22-2/h3-10H,11-12H2,1-2H3. The number of ether oxygens (including phenoxy) is 2. The number of methoxy groups -OCH3 is 2. The fourth-order valence-corrected chi connectivity index (χ4v) is 5.87. The SMILES string of the molecule is COc1ccccc1S(=O)(=O)CCS(=O)(=O)c1ccccc1OC. The van der Waals surface area contributed by atoms with Crippen molar-refractivity contribution in [3.8, 4) is 11.5 Å². The molecule has 0 spiro atoms. The van der Waals surface area contributed by atoms with Gasteiger partial charge in [0.1, 0.15) is 21.3 Å². The van der Waals surface area contributed by atoms with E-state index in [4.69, 9.17) is 9.47 Å². The van der Waals surface area contributed by atoms with Crippen LogP contribution in [0.1, 0.15) is 0 Å². The van der Waals surface area contributed by atoms with Gasteiger partial charge in [-0.05, 0) is 24.3 Å². The molecule has 0 radical (unpaired) electrons. The van der Waals surface area contributed by atoms with E-state index in [9.17, 15) is 16.8 Å². The van der Waals surface area contributed by atoms with Crippen LogP contribution in [0.4, 0.5) is 0 Å². The number of para-hydroxylation sites is 2. The van der Waals surface area contributed by atoms with Crippen LogP contribution < -0.4 is 9.47 Å². The van der Waals surface area contributed by atoms with E-state index < -0.39 is 31.2 Å². The molecular weight excluding hydrogens is 352 g/mol. The van der Waals surface area contributed by atoms with E-state index in [2.05, 4.69) is 0 Å². The van der Waals surface area contributed by atoms with Crippen LogP contribution in [0.5, 0.6) is 11.5 Å². The van der Waals surface area contributed by atoms with Gasteiger partial charge in [0, 0.05) is 0 Å². The zero-order valence-corrected chi connectivity index (χ0v) is 14.9. The molecule has 6 nitrogen and oxygen atoms in total. The molecule has 0 aliphatic rings. The third kappa shape index (κ3) is 3.88. The van der Waals surface area contributed by atoms with Crippen molar-refractivity contribution in [2.45, 2.75) is 9.79 Å². The number of hydrogen-bond acceptors (Lipinski definition) is 6.